The zero-order valence-electron chi connectivity index (χ0n) is 10.6. The van der Waals surface area contributed by atoms with Gasteiger partial charge in [-0.05, 0) is 30.3 Å². The lowest BCUT2D eigenvalue weighted by molar-refractivity contribution is 0.0600. The molecule has 0 bridgehead atoms. The predicted molar refractivity (Wildman–Crippen MR) is 71.5 cm³/mol. The molecule has 2 rings (SSSR count). The summed E-state index contributed by atoms with van der Waals surface area (Å²) >= 11 is 1.33. The number of halogens is 2. The topological polar surface area (TPSA) is 39.2 Å². The Labute approximate surface area is 119 Å². The summed E-state index contributed by atoms with van der Waals surface area (Å²) in [4.78, 5) is 16.0. The molecule has 0 saturated carbocycles. The van der Waals surface area contributed by atoms with Crippen LogP contribution in [0.5, 0.6) is 0 Å². The summed E-state index contributed by atoms with van der Waals surface area (Å²) in [7, 11) is 1.30. The highest BCUT2D eigenvalue weighted by Crippen LogP contribution is 2.23. The van der Waals surface area contributed by atoms with E-state index < -0.39 is 17.6 Å². The third-order valence-corrected chi connectivity index (χ3v) is 3.55. The van der Waals surface area contributed by atoms with E-state index in [0.29, 0.717) is 16.2 Å². The summed E-state index contributed by atoms with van der Waals surface area (Å²) in [5, 5.41) is 0. The van der Waals surface area contributed by atoms with Crippen LogP contribution in [0.3, 0.4) is 0 Å². The minimum Gasteiger partial charge on any atom is -0.465 e. The number of hydrogen-bond acceptors (Lipinski definition) is 4. The summed E-state index contributed by atoms with van der Waals surface area (Å²) in [6.07, 6.45) is 1.42. The van der Waals surface area contributed by atoms with Gasteiger partial charge in [-0.3, -0.25) is 4.98 Å². The number of thioether (sulfide) groups is 1. The molecule has 0 aliphatic heterocycles. The summed E-state index contributed by atoms with van der Waals surface area (Å²) in [6, 6.07) is 7.04. The quantitative estimate of drug-likeness (QED) is 0.640. The minimum absolute atomic E-state index is 0.370. The number of aromatic nitrogens is 1. The van der Waals surface area contributed by atoms with Crippen molar-refractivity contribution in [3.63, 3.8) is 0 Å². The molecule has 3 nitrogen and oxygen atoms in total. The van der Waals surface area contributed by atoms with E-state index in [2.05, 4.69) is 9.72 Å². The fourth-order valence-electron chi connectivity index (χ4n) is 1.47. The molecule has 0 radical (unpaired) electrons. The molecule has 1 aromatic carbocycles. The Bertz CT molecular complexity index is 617. The Morgan fingerprint density at radius 1 is 1.25 bits per heavy atom. The van der Waals surface area contributed by atoms with Crippen molar-refractivity contribution in [2.45, 2.75) is 10.6 Å². The Morgan fingerprint density at radius 2 is 2.05 bits per heavy atom. The molecule has 0 aliphatic carbocycles. The number of ether oxygens (including phenoxy) is 1. The summed E-state index contributed by atoms with van der Waals surface area (Å²) in [5.74, 6) is -1.69. The fourth-order valence-corrected chi connectivity index (χ4v) is 2.31. The molecule has 6 heteroatoms. The van der Waals surface area contributed by atoms with E-state index >= 15 is 0 Å². The maximum Gasteiger partial charge on any atom is 0.339 e. The second-order valence-electron chi connectivity index (χ2n) is 3.89. The molecule has 1 heterocycles. The normalized spacial score (nSPS) is 10.3. The third-order valence-electron chi connectivity index (χ3n) is 2.52. The van der Waals surface area contributed by atoms with Gasteiger partial charge in [0, 0.05) is 16.8 Å². The highest BCUT2D eigenvalue weighted by Gasteiger charge is 2.07. The monoisotopic (exact) mass is 295 g/mol. The van der Waals surface area contributed by atoms with Gasteiger partial charge in [-0.1, -0.05) is 0 Å². The van der Waals surface area contributed by atoms with Crippen molar-refractivity contribution in [3.05, 3.63) is 59.4 Å². The fraction of sp³-hybridized carbons (Fsp3) is 0.143. The first-order valence-electron chi connectivity index (χ1n) is 5.71. The molecule has 0 atom stereocenters. The number of rotatable bonds is 4. The number of benzene rings is 1. The molecule has 0 amide bonds. The van der Waals surface area contributed by atoms with Crippen LogP contribution < -0.4 is 0 Å². The first-order valence-corrected chi connectivity index (χ1v) is 6.70. The molecule has 2 aromatic rings. The van der Waals surface area contributed by atoms with E-state index in [1.807, 2.05) is 0 Å². The number of carbonyl (C=O) groups is 1. The first kappa shape index (κ1) is 14.5. The van der Waals surface area contributed by atoms with Gasteiger partial charge in [0.05, 0.1) is 18.4 Å². The molecule has 1 aromatic heterocycles. The van der Waals surface area contributed by atoms with Crippen LogP contribution in [0, 0.1) is 11.6 Å². The van der Waals surface area contributed by atoms with E-state index in [1.54, 1.807) is 12.1 Å². The SMILES string of the molecule is COC(=O)c1ccc(CSc2ccc(F)c(F)c2)nc1. The molecule has 0 fully saturated rings. The van der Waals surface area contributed by atoms with Gasteiger partial charge in [-0.2, -0.15) is 0 Å². The van der Waals surface area contributed by atoms with Crippen LogP contribution in [0.15, 0.2) is 41.4 Å². The zero-order chi connectivity index (χ0) is 14.5. The van der Waals surface area contributed by atoms with Gasteiger partial charge in [0.1, 0.15) is 0 Å². The van der Waals surface area contributed by atoms with Gasteiger partial charge < -0.3 is 4.74 Å². The number of carbonyl (C=O) groups excluding carboxylic acids is 1. The molecule has 0 saturated heterocycles. The third kappa shape index (κ3) is 3.54. The molecule has 0 aliphatic rings. The summed E-state index contributed by atoms with van der Waals surface area (Å²) in [5.41, 5.74) is 1.10. The molecule has 20 heavy (non-hydrogen) atoms. The molecule has 104 valence electrons. The van der Waals surface area contributed by atoms with Crippen LogP contribution >= 0.6 is 11.8 Å². The van der Waals surface area contributed by atoms with E-state index in [-0.39, 0.29) is 0 Å². The van der Waals surface area contributed by atoms with Gasteiger partial charge >= 0.3 is 5.97 Å². The second kappa shape index (κ2) is 6.47. The lowest BCUT2D eigenvalue weighted by Gasteiger charge is -2.03. The summed E-state index contributed by atoms with van der Waals surface area (Å²) in [6.45, 7) is 0. The van der Waals surface area contributed by atoms with E-state index in [1.165, 1.54) is 31.1 Å². The smallest absolute Gasteiger partial charge is 0.339 e. The summed E-state index contributed by atoms with van der Waals surface area (Å²) < 4.78 is 30.4. The van der Waals surface area contributed by atoms with Crippen molar-refractivity contribution >= 4 is 17.7 Å². The largest absolute Gasteiger partial charge is 0.465 e. The van der Waals surface area contributed by atoms with Gasteiger partial charge in [0.2, 0.25) is 0 Å². The van der Waals surface area contributed by atoms with Crippen molar-refractivity contribution < 1.29 is 18.3 Å². The number of esters is 1. The van der Waals surface area contributed by atoms with Crippen molar-refractivity contribution in [2.24, 2.45) is 0 Å². The van der Waals surface area contributed by atoms with Crippen LogP contribution in [-0.4, -0.2) is 18.1 Å². The zero-order valence-corrected chi connectivity index (χ0v) is 11.4. The number of methoxy groups -OCH3 is 1. The maximum absolute atomic E-state index is 13.0. The Balaban J connectivity index is 2.00. The van der Waals surface area contributed by atoms with Crippen LogP contribution in [0.1, 0.15) is 16.1 Å². The average Bonchev–Trinajstić information content (AvgIpc) is 2.48. The highest BCUT2D eigenvalue weighted by molar-refractivity contribution is 7.98. The predicted octanol–water partition coefficient (Wildman–Crippen LogP) is 3.44. The van der Waals surface area contributed by atoms with E-state index in [9.17, 15) is 13.6 Å². The molecule has 0 N–H and O–H groups in total. The van der Waals surface area contributed by atoms with Crippen molar-refractivity contribution in [1.82, 2.24) is 4.98 Å². The van der Waals surface area contributed by atoms with Gasteiger partial charge in [-0.25, -0.2) is 13.6 Å². The van der Waals surface area contributed by atoms with Crippen molar-refractivity contribution in [3.8, 4) is 0 Å². The second-order valence-corrected chi connectivity index (χ2v) is 4.94. The van der Waals surface area contributed by atoms with Gasteiger partial charge in [-0.15, -0.1) is 11.8 Å². The minimum atomic E-state index is -0.871. The Hall–Kier alpha value is -1.95. The average molecular weight is 295 g/mol. The first-order chi connectivity index (χ1) is 9.60. The van der Waals surface area contributed by atoms with Crippen LogP contribution in [0.4, 0.5) is 8.78 Å². The maximum atomic E-state index is 13.0. The number of pyridine rings is 1. The Kier molecular flexibility index (Phi) is 4.68. The lowest BCUT2D eigenvalue weighted by atomic mass is 10.2. The molecule has 0 unspecified atom stereocenters. The molecule has 0 spiro atoms. The van der Waals surface area contributed by atoms with Gasteiger partial charge in [0.25, 0.3) is 0 Å². The number of hydrogen-bond donors (Lipinski definition) is 0. The van der Waals surface area contributed by atoms with Crippen LogP contribution in [-0.2, 0) is 10.5 Å². The van der Waals surface area contributed by atoms with Crippen LogP contribution in [0.2, 0.25) is 0 Å². The van der Waals surface area contributed by atoms with Gasteiger partial charge in [0.15, 0.2) is 11.6 Å². The van der Waals surface area contributed by atoms with Crippen LogP contribution in [0.25, 0.3) is 0 Å². The highest BCUT2D eigenvalue weighted by atomic mass is 32.2. The molecular formula is C14H11F2NO2S. The van der Waals surface area contributed by atoms with E-state index in [0.717, 1.165) is 17.8 Å². The Morgan fingerprint density at radius 3 is 2.65 bits per heavy atom. The molecular weight excluding hydrogens is 284 g/mol. The lowest BCUT2D eigenvalue weighted by Crippen LogP contribution is -2.02. The number of nitrogens with zero attached hydrogens (tertiary/aromatic N) is 1. The van der Waals surface area contributed by atoms with Crippen molar-refractivity contribution in [1.29, 1.82) is 0 Å². The standard InChI is InChI=1S/C14H11F2NO2S/c1-19-14(18)9-2-3-10(17-7-9)8-20-11-4-5-12(15)13(16)6-11/h2-7H,8H2,1H3. The van der Waals surface area contributed by atoms with E-state index in [4.69, 9.17) is 0 Å². The van der Waals surface area contributed by atoms with Crippen molar-refractivity contribution in [2.75, 3.05) is 7.11 Å².